The van der Waals surface area contributed by atoms with Crippen LogP contribution in [-0.2, 0) is 4.79 Å². The molecule has 4 fully saturated rings. The van der Waals surface area contributed by atoms with Gasteiger partial charge in [-0.15, -0.1) is 0 Å². The molecule has 4 aliphatic rings. The number of piperidine rings is 3. The number of urea groups is 1. The second-order valence-corrected chi connectivity index (χ2v) is 7.32. The molecular formula is C18H24N4O3. The molecule has 1 aromatic rings. The van der Waals surface area contributed by atoms with E-state index in [1.54, 1.807) is 12.1 Å². The normalized spacial score (nSPS) is 33.1. The summed E-state index contributed by atoms with van der Waals surface area (Å²) in [6.45, 7) is 2.70. The zero-order valence-electron chi connectivity index (χ0n) is 14.1. The van der Waals surface area contributed by atoms with Gasteiger partial charge in [0.2, 0.25) is 5.91 Å². The number of benzene rings is 1. The minimum atomic E-state index is -0.678. The third kappa shape index (κ3) is 2.82. The molecule has 0 radical (unpaired) electrons. The maximum atomic E-state index is 12.7. The van der Waals surface area contributed by atoms with Crippen molar-refractivity contribution >= 4 is 11.9 Å². The van der Waals surface area contributed by atoms with E-state index in [0.717, 1.165) is 31.5 Å². The van der Waals surface area contributed by atoms with Crippen molar-refractivity contribution in [2.75, 3.05) is 26.2 Å². The topological polar surface area (TPSA) is 98.9 Å². The zero-order valence-corrected chi connectivity index (χ0v) is 14.1. The fourth-order valence-corrected chi connectivity index (χ4v) is 5.02. The van der Waals surface area contributed by atoms with Crippen LogP contribution in [0.15, 0.2) is 24.3 Å². The number of likely N-dealkylation sites (tertiary alicyclic amines) is 1. The molecule has 3 atom stereocenters. The molecule has 4 saturated heterocycles. The molecule has 4 heterocycles. The lowest BCUT2D eigenvalue weighted by Gasteiger charge is -2.51. The van der Waals surface area contributed by atoms with Gasteiger partial charge in [-0.2, -0.15) is 0 Å². The van der Waals surface area contributed by atoms with Crippen LogP contribution in [-0.4, -0.2) is 65.1 Å². The van der Waals surface area contributed by atoms with Crippen molar-refractivity contribution in [1.82, 2.24) is 15.1 Å². The molecule has 0 spiro atoms. The van der Waals surface area contributed by atoms with Gasteiger partial charge in [0.25, 0.3) is 0 Å². The number of phenols is 1. The van der Waals surface area contributed by atoms with Gasteiger partial charge < -0.3 is 21.1 Å². The first-order chi connectivity index (χ1) is 12.0. The summed E-state index contributed by atoms with van der Waals surface area (Å²) in [5.74, 6) is 0.864. The molecule has 2 bridgehead atoms. The van der Waals surface area contributed by atoms with Crippen molar-refractivity contribution < 1.29 is 14.7 Å². The van der Waals surface area contributed by atoms with Crippen LogP contribution in [0.4, 0.5) is 4.79 Å². The van der Waals surface area contributed by atoms with Gasteiger partial charge >= 0.3 is 6.03 Å². The molecule has 5 rings (SSSR count). The Morgan fingerprint density at radius 3 is 2.68 bits per heavy atom. The number of carbonyl (C=O) groups is 2. The van der Waals surface area contributed by atoms with Crippen molar-refractivity contribution in [2.24, 2.45) is 11.7 Å². The van der Waals surface area contributed by atoms with E-state index in [0.29, 0.717) is 12.5 Å². The van der Waals surface area contributed by atoms with E-state index < -0.39 is 6.03 Å². The summed E-state index contributed by atoms with van der Waals surface area (Å²) in [5.41, 5.74) is 6.18. The fraction of sp³-hybridized carbons (Fsp3) is 0.556. The summed E-state index contributed by atoms with van der Waals surface area (Å²) in [7, 11) is 0. The van der Waals surface area contributed by atoms with Crippen LogP contribution < -0.4 is 11.1 Å². The van der Waals surface area contributed by atoms with E-state index in [9.17, 15) is 14.7 Å². The van der Waals surface area contributed by atoms with E-state index in [1.165, 1.54) is 0 Å². The van der Waals surface area contributed by atoms with Gasteiger partial charge in [-0.3, -0.25) is 9.69 Å². The van der Waals surface area contributed by atoms with Crippen molar-refractivity contribution in [2.45, 2.75) is 30.8 Å². The van der Waals surface area contributed by atoms with Gasteiger partial charge in [-0.1, -0.05) is 12.1 Å². The second kappa shape index (κ2) is 6.22. The SMILES string of the molecule is NC(=O)NCC(=O)N1C[C@@H](c2cccc(O)c2)[C@@H]2[C@H]1C1CCN2CC1. The second-order valence-electron chi connectivity index (χ2n) is 7.32. The molecule has 7 nitrogen and oxygen atoms in total. The van der Waals surface area contributed by atoms with Gasteiger partial charge in [0.1, 0.15) is 5.75 Å². The summed E-state index contributed by atoms with van der Waals surface area (Å²) in [5, 5.41) is 12.3. The summed E-state index contributed by atoms with van der Waals surface area (Å²) in [4.78, 5) is 28.1. The summed E-state index contributed by atoms with van der Waals surface area (Å²) in [6.07, 6.45) is 2.22. The number of primary amides is 1. The highest BCUT2D eigenvalue weighted by Gasteiger charge is 2.54. The predicted octanol–water partition coefficient (Wildman–Crippen LogP) is 0.449. The maximum Gasteiger partial charge on any atom is 0.312 e. The number of hydrogen-bond acceptors (Lipinski definition) is 4. The highest BCUT2D eigenvalue weighted by atomic mass is 16.3. The van der Waals surface area contributed by atoms with E-state index in [2.05, 4.69) is 10.2 Å². The Bertz CT molecular complexity index is 687. The number of aromatic hydroxyl groups is 1. The van der Waals surface area contributed by atoms with Gasteiger partial charge in [0.15, 0.2) is 0 Å². The first-order valence-electron chi connectivity index (χ1n) is 8.90. The number of phenolic OH excluding ortho intramolecular Hbond substituents is 1. The van der Waals surface area contributed by atoms with Crippen LogP contribution in [0.2, 0.25) is 0 Å². The van der Waals surface area contributed by atoms with Crippen LogP contribution in [0.5, 0.6) is 5.75 Å². The molecular weight excluding hydrogens is 320 g/mol. The maximum absolute atomic E-state index is 12.7. The molecule has 3 amide bonds. The van der Waals surface area contributed by atoms with Gasteiger partial charge in [0, 0.05) is 18.5 Å². The highest BCUT2D eigenvalue weighted by molar-refractivity contribution is 5.84. The minimum Gasteiger partial charge on any atom is -0.508 e. The number of nitrogens with zero attached hydrogens (tertiary/aromatic N) is 2. The molecule has 4 N–H and O–H groups in total. The van der Waals surface area contributed by atoms with Crippen LogP contribution in [0.1, 0.15) is 24.3 Å². The number of rotatable bonds is 3. The molecule has 134 valence electrons. The lowest BCUT2D eigenvalue weighted by atomic mass is 9.75. The standard InChI is InChI=1S/C18H24N4O3/c19-18(25)20-9-15(24)22-10-14(12-2-1-3-13(23)8-12)17-16(22)11-4-6-21(17)7-5-11/h1-3,8,11,14,16-17,23H,4-7,9-10H2,(H3,19,20,25)/t14-,16+,17+/m0/s1. The average Bonchev–Trinajstić information content (AvgIpc) is 3.03. The number of fused-ring (bicyclic) bond motifs is 2. The van der Waals surface area contributed by atoms with E-state index in [4.69, 9.17) is 5.73 Å². The lowest BCUT2D eigenvalue weighted by molar-refractivity contribution is -0.134. The van der Waals surface area contributed by atoms with Crippen LogP contribution in [0.25, 0.3) is 0 Å². The molecule has 0 aliphatic carbocycles. The van der Waals surface area contributed by atoms with Crippen molar-refractivity contribution in [3.63, 3.8) is 0 Å². The number of carbonyl (C=O) groups excluding carboxylic acids is 2. The minimum absolute atomic E-state index is 0.0575. The Hall–Kier alpha value is -2.28. The van der Waals surface area contributed by atoms with E-state index in [-0.39, 0.29) is 36.2 Å². The molecule has 4 aliphatic heterocycles. The van der Waals surface area contributed by atoms with Crippen LogP contribution in [0.3, 0.4) is 0 Å². The Morgan fingerprint density at radius 1 is 1.24 bits per heavy atom. The third-order valence-electron chi connectivity index (χ3n) is 6.03. The van der Waals surface area contributed by atoms with E-state index >= 15 is 0 Å². The third-order valence-corrected chi connectivity index (χ3v) is 6.03. The lowest BCUT2D eigenvalue weighted by Crippen LogP contribution is -2.61. The van der Waals surface area contributed by atoms with Gasteiger partial charge in [-0.25, -0.2) is 4.79 Å². The molecule has 0 aromatic heterocycles. The van der Waals surface area contributed by atoms with Crippen molar-refractivity contribution in [1.29, 1.82) is 0 Å². The number of nitrogens with one attached hydrogen (secondary N) is 1. The number of hydrogen-bond donors (Lipinski definition) is 3. The smallest absolute Gasteiger partial charge is 0.312 e. The van der Waals surface area contributed by atoms with Gasteiger partial charge in [0.05, 0.1) is 12.6 Å². The Kier molecular flexibility index (Phi) is 4.03. The number of amides is 3. The van der Waals surface area contributed by atoms with Crippen LogP contribution in [0, 0.1) is 5.92 Å². The van der Waals surface area contributed by atoms with Crippen LogP contribution >= 0.6 is 0 Å². The predicted molar refractivity (Wildman–Crippen MR) is 92.0 cm³/mol. The first-order valence-corrected chi connectivity index (χ1v) is 8.90. The Labute approximate surface area is 146 Å². The van der Waals surface area contributed by atoms with Gasteiger partial charge in [-0.05, 0) is 49.5 Å². The monoisotopic (exact) mass is 344 g/mol. The molecule has 25 heavy (non-hydrogen) atoms. The average molecular weight is 344 g/mol. The Balaban J connectivity index is 1.63. The summed E-state index contributed by atoms with van der Waals surface area (Å²) >= 11 is 0. The summed E-state index contributed by atoms with van der Waals surface area (Å²) in [6, 6.07) is 7.14. The Morgan fingerprint density at radius 2 is 2.00 bits per heavy atom. The van der Waals surface area contributed by atoms with E-state index in [1.807, 2.05) is 17.0 Å². The van der Waals surface area contributed by atoms with Crippen molar-refractivity contribution in [3.8, 4) is 5.75 Å². The fourth-order valence-electron chi connectivity index (χ4n) is 5.02. The largest absolute Gasteiger partial charge is 0.508 e. The highest BCUT2D eigenvalue weighted by Crippen LogP contribution is 2.46. The first kappa shape index (κ1) is 16.2. The zero-order chi connectivity index (χ0) is 17.6. The summed E-state index contributed by atoms with van der Waals surface area (Å²) < 4.78 is 0. The quantitative estimate of drug-likeness (QED) is 0.741. The van der Waals surface area contributed by atoms with Crippen molar-refractivity contribution in [3.05, 3.63) is 29.8 Å². The molecule has 0 unspecified atom stereocenters. The molecule has 0 saturated carbocycles. The molecule has 1 aromatic carbocycles. The molecule has 7 heteroatoms. The number of nitrogens with two attached hydrogens (primary N) is 1.